The summed E-state index contributed by atoms with van der Waals surface area (Å²) in [7, 11) is 1.56. The van der Waals surface area contributed by atoms with Crippen molar-refractivity contribution in [2.24, 2.45) is 0 Å². The standard InChI is InChI=1S/C8H14O4/c1-5(11-2)7-3-6(9)4-8(10)12-7/h5-7,9H,3-4H2,1-2H3. The number of ether oxygens (including phenoxy) is 2. The van der Waals surface area contributed by atoms with Gasteiger partial charge in [-0.05, 0) is 6.92 Å². The quantitative estimate of drug-likeness (QED) is 0.603. The summed E-state index contributed by atoms with van der Waals surface area (Å²) in [4.78, 5) is 10.9. The number of methoxy groups -OCH3 is 1. The summed E-state index contributed by atoms with van der Waals surface area (Å²) >= 11 is 0. The molecule has 0 spiro atoms. The van der Waals surface area contributed by atoms with E-state index in [1.165, 1.54) is 0 Å². The zero-order valence-corrected chi connectivity index (χ0v) is 7.32. The average molecular weight is 174 g/mol. The minimum absolute atomic E-state index is 0.104. The SMILES string of the molecule is COC(C)C1CC(O)CC(=O)O1. The molecule has 1 aliphatic heterocycles. The Bertz CT molecular complexity index is 168. The van der Waals surface area contributed by atoms with Crippen molar-refractivity contribution in [2.45, 2.75) is 38.1 Å². The number of rotatable bonds is 2. The molecule has 4 nitrogen and oxygen atoms in total. The second kappa shape index (κ2) is 3.87. The molecule has 3 atom stereocenters. The van der Waals surface area contributed by atoms with Crippen LogP contribution in [0.2, 0.25) is 0 Å². The number of esters is 1. The van der Waals surface area contributed by atoms with Crippen LogP contribution in [0, 0.1) is 0 Å². The Morgan fingerprint density at radius 3 is 2.92 bits per heavy atom. The van der Waals surface area contributed by atoms with Crippen LogP contribution in [0.5, 0.6) is 0 Å². The van der Waals surface area contributed by atoms with E-state index in [-0.39, 0.29) is 24.6 Å². The highest BCUT2D eigenvalue weighted by molar-refractivity contribution is 5.71. The van der Waals surface area contributed by atoms with Gasteiger partial charge in [0.2, 0.25) is 0 Å². The third-order valence-corrected chi connectivity index (χ3v) is 2.08. The molecule has 1 N–H and O–H groups in total. The average Bonchev–Trinajstić information content (AvgIpc) is 2.01. The largest absolute Gasteiger partial charge is 0.459 e. The van der Waals surface area contributed by atoms with Crippen LogP contribution in [0.25, 0.3) is 0 Å². The third-order valence-electron chi connectivity index (χ3n) is 2.08. The van der Waals surface area contributed by atoms with Crippen LogP contribution < -0.4 is 0 Å². The first-order valence-electron chi connectivity index (χ1n) is 4.04. The van der Waals surface area contributed by atoms with Gasteiger partial charge < -0.3 is 14.6 Å². The second-order valence-corrected chi connectivity index (χ2v) is 3.06. The lowest BCUT2D eigenvalue weighted by Crippen LogP contribution is -2.39. The first-order chi connectivity index (χ1) is 5.63. The minimum atomic E-state index is -0.575. The molecule has 1 fully saturated rings. The lowest BCUT2D eigenvalue weighted by molar-refractivity contribution is -0.169. The lowest BCUT2D eigenvalue weighted by atomic mass is 10.0. The molecule has 70 valence electrons. The molecular weight excluding hydrogens is 160 g/mol. The summed E-state index contributed by atoms with van der Waals surface area (Å²) in [5, 5.41) is 9.24. The molecule has 0 aliphatic carbocycles. The monoisotopic (exact) mass is 174 g/mol. The van der Waals surface area contributed by atoms with Gasteiger partial charge in [0.15, 0.2) is 0 Å². The van der Waals surface area contributed by atoms with Gasteiger partial charge in [-0.3, -0.25) is 4.79 Å². The third kappa shape index (κ3) is 2.19. The second-order valence-electron chi connectivity index (χ2n) is 3.06. The highest BCUT2D eigenvalue weighted by Gasteiger charge is 2.30. The van der Waals surface area contributed by atoms with Crippen LogP contribution in [0.1, 0.15) is 19.8 Å². The van der Waals surface area contributed by atoms with Gasteiger partial charge in [0, 0.05) is 13.5 Å². The summed E-state index contributed by atoms with van der Waals surface area (Å²) in [5.74, 6) is -0.345. The summed E-state index contributed by atoms with van der Waals surface area (Å²) in [6.45, 7) is 1.82. The first-order valence-corrected chi connectivity index (χ1v) is 4.04. The van der Waals surface area contributed by atoms with E-state index in [1.807, 2.05) is 6.92 Å². The summed E-state index contributed by atoms with van der Waals surface area (Å²) in [6, 6.07) is 0. The minimum Gasteiger partial charge on any atom is -0.459 e. The number of hydrogen-bond acceptors (Lipinski definition) is 4. The van der Waals surface area contributed by atoms with E-state index in [1.54, 1.807) is 7.11 Å². The Morgan fingerprint density at radius 2 is 2.42 bits per heavy atom. The van der Waals surface area contributed by atoms with Crippen LogP contribution in [-0.2, 0) is 14.3 Å². The van der Waals surface area contributed by atoms with Gasteiger partial charge in [-0.1, -0.05) is 0 Å². The van der Waals surface area contributed by atoms with Crippen LogP contribution >= 0.6 is 0 Å². The summed E-state index contributed by atoms with van der Waals surface area (Å²) in [6.07, 6.45) is -0.447. The van der Waals surface area contributed by atoms with Crippen molar-refractivity contribution >= 4 is 5.97 Å². The van der Waals surface area contributed by atoms with Gasteiger partial charge in [0.05, 0.1) is 18.6 Å². The van der Waals surface area contributed by atoms with Crippen LogP contribution in [0.3, 0.4) is 0 Å². The number of cyclic esters (lactones) is 1. The molecule has 12 heavy (non-hydrogen) atoms. The van der Waals surface area contributed by atoms with Gasteiger partial charge >= 0.3 is 5.97 Å². The Balaban J connectivity index is 2.49. The molecule has 1 heterocycles. The first kappa shape index (κ1) is 9.48. The molecule has 1 aliphatic rings. The van der Waals surface area contributed by atoms with Crippen molar-refractivity contribution in [2.75, 3.05) is 7.11 Å². The lowest BCUT2D eigenvalue weighted by Gasteiger charge is -2.29. The maximum absolute atomic E-state index is 10.9. The van der Waals surface area contributed by atoms with E-state index < -0.39 is 6.10 Å². The van der Waals surface area contributed by atoms with E-state index in [4.69, 9.17) is 9.47 Å². The molecule has 0 radical (unpaired) electrons. The molecular formula is C8H14O4. The van der Waals surface area contributed by atoms with E-state index in [0.717, 1.165) is 0 Å². The Hall–Kier alpha value is -0.610. The van der Waals surface area contributed by atoms with Gasteiger partial charge in [0.25, 0.3) is 0 Å². The number of aliphatic hydroxyl groups excluding tert-OH is 1. The molecule has 0 saturated carbocycles. The molecule has 0 amide bonds. The molecule has 1 saturated heterocycles. The molecule has 0 bridgehead atoms. The zero-order valence-electron chi connectivity index (χ0n) is 7.32. The molecule has 0 aromatic rings. The predicted molar refractivity (Wildman–Crippen MR) is 41.6 cm³/mol. The number of carbonyl (C=O) groups is 1. The zero-order chi connectivity index (χ0) is 9.14. The van der Waals surface area contributed by atoms with Crippen molar-refractivity contribution in [3.63, 3.8) is 0 Å². The number of hydrogen-bond donors (Lipinski definition) is 1. The van der Waals surface area contributed by atoms with E-state index in [0.29, 0.717) is 6.42 Å². The maximum Gasteiger partial charge on any atom is 0.308 e. The highest BCUT2D eigenvalue weighted by Crippen LogP contribution is 2.18. The number of carbonyl (C=O) groups excluding carboxylic acids is 1. The van der Waals surface area contributed by atoms with Gasteiger partial charge in [-0.25, -0.2) is 0 Å². The molecule has 0 aromatic carbocycles. The van der Waals surface area contributed by atoms with Gasteiger partial charge in [0.1, 0.15) is 6.10 Å². The Labute approximate surface area is 71.5 Å². The topological polar surface area (TPSA) is 55.8 Å². The molecule has 3 unspecified atom stereocenters. The van der Waals surface area contributed by atoms with Crippen LogP contribution in [0.4, 0.5) is 0 Å². The van der Waals surface area contributed by atoms with Crippen molar-refractivity contribution in [1.82, 2.24) is 0 Å². The molecule has 0 aromatic heterocycles. The maximum atomic E-state index is 10.9. The predicted octanol–water partition coefficient (Wildman–Crippen LogP) is 0.0878. The summed E-state index contributed by atoms with van der Waals surface area (Å²) in [5.41, 5.74) is 0. The normalized spacial score (nSPS) is 32.8. The van der Waals surface area contributed by atoms with Gasteiger partial charge in [-0.2, -0.15) is 0 Å². The van der Waals surface area contributed by atoms with E-state index in [9.17, 15) is 9.90 Å². The Morgan fingerprint density at radius 1 is 1.75 bits per heavy atom. The molecule has 1 rings (SSSR count). The Kier molecular flexibility index (Phi) is 3.05. The molecule has 4 heteroatoms. The van der Waals surface area contributed by atoms with Crippen LogP contribution in [-0.4, -0.2) is 36.5 Å². The fourth-order valence-corrected chi connectivity index (χ4v) is 1.25. The fraction of sp³-hybridized carbons (Fsp3) is 0.875. The van der Waals surface area contributed by atoms with E-state index in [2.05, 4.69) is 0 Å². The smallest absolute Gasteiger partial charge is 0.308 e. The van der Waals surface area contributed by atoms with Crippen molar-refractivity contribution < 1.29 is 19.4 Å². The highest BCUT2D eigenvalue weighted by atomic mass is 16.6. The van der Waals surface area contributed by atoms with Crippen molar-refractivity contribution in [3.8, 4) is 0 Å². The van der Waals surface area contributed by atoms with Crippen LogP contribution in [0.15, 0.2) is 0 Å². The number of aliphatic hydroxyl groups is 1. The summed E-state index contributed by atoms with van der Waals surface area (Å²) < 4.78 is 9.98. The van der Waals surface area contributed by atoms with Crippen molar-refractivity contribution in [1.29, 1.82) is 0 Å². The van der Waals surface area contributed by atoms with Gasteiger partial charge in [-0.15, -0.1) is 0 Å². The van der Waals surface area contributed by atoms with E-state index >= 15 is 0 Å². The fourth-order valence-electron chi connectivity index (χ4n) is 1.25. The van der Waals surface area contributed by atoms with Crippen molar-refractivity contribution in [3.05, 3.63) is 0 Å².